The van der Waals surface area contributed by atoms with Crippen LogP contribution in [0.25, 0.3) is 0 Å². The van der Waals surface area contributed by atoms with E-state index >= 15 is 0 Å². The lowest BCUT2D eigenvalue weighted by Gasteiger charge is -2.20. The molecule has 0 radical (unpaired) electrons. The molecule has 0 saturated carbocycles. The number of nitrogens with one attached hydrogen (secondary N) is 2. The molecule has 3 amide bonds. The third kappa shape index (κ3) is 9.94. The number of hydrogen-bond donors (Lipinski definition) is 3. The molecule has 0 aromatic heterocycles. The first kappa shape index (κ1) is 23.2. The Balaban J connectivity index is 0.00000576. The molecule has 1 rings (SSSR count). The van der Waals surface area contributed by atoms with Gasteiger partial charge in [-0.25, -0.2) is 4.79 Å². The first-order chi connectivity index (χ1) is 11.4. The van der Waals surface area contributed by atoms with Crippen LogP contribution in [0.2, 0.25) is 0 Å². The molecule has 0 aliphatic heterocycles. The number of benzene rings is 1. The number of nitrogens with zero attached hydrogens (tertiary/aromatic N) is 1. The van der Waals surface area contributed by atoms with Crippen LogP contribution in [-0.4, -0.2) is 43.0 Å². The molecular weight excluding hydrogens is 340 g/mol. The molecule has 142 valence electrons. The number of urea groups is 1. The summed E-state index contributed by atoms with van der Waals surface area (Å²) < 4.78 is 0. The minimum absolute atomic E-state index is 0. The normalized spacial score (nSPS) is 11.4. The molecule has 0 bridgehead atoms. The molecule has 1 unspecified atom stereocenters. The zero-order valence-electron chi connectivity index (χ0n) is 15.3. The van der Waals surface area contributed by atoms with Crippen molar-refractivity contribution in [3.8, 4) is 0 Å². The highest BCUT2D eigenvalue weighted by Crippen LogP contribution is 2.04. The number of rotatable bonds is 9. The van der Waals surface area contributed by atoms with Gasteiger partial charge in [-0.15, -0.1) is 12.4 Å². The third-order valence-electron chi connectivity index (χ3n) is 3.64. The van der Waals surface area contributed by atoms with E-state index in [0.717, 1.165) is 12.0 Å². The van der Waals surface area contributed by atoms with Crippen molar-refractivity contribution < 1.29 is 9.59 Å². The van der Waals surface area contributed by atoms with Crippen molar-refractivity contribution in [1.82, 2.24) is 15.5 Å². The van der Waals surface area contributed by atoms with E-state index in [1.54, 1.807) is 11.9 Å². The van der Waals surface area contributed by atoms with Gasteiger partial charge in [-0.05, 0) is 17.9 Å². The van der Waals surface area contributed by atoms with Crippen LogP contribution in [0.3, 0.4) is 0 Å². The fourth-order valence-electron chi connectivity index (χ4n) is 2.43. The van der Waals surface area contributed by atoms with Gasteiger partial charge in [-0.2, -0.15) is 0 Å². The van der Waals surface area contributed by atoms with Gasteiger partial charge >= 0.3 is 6.03 Å². The topological polar surface area (TPSA) is 87.5 Å². The first-order valence-corrected chi connectivity index (χ1v) is 8.44. The van der Waals surface area contributed by atoms with Crippen LogP contribution in [0.4, 0.5) is 4.79 Å². The Kier molecular flexibility index (Phi) is 11.7. The highest BCUT2D eigenvalue weighted by Gasteiger charge is 2.13. The van der Waals surface area contributed by atoms with Gasteiger partial charge in [0.2, 0.25) is 5.91 Å². The zero-order valence-corrected chi connectivity index (χ0v) is 16.1. The van der Waals surface area contributed by atoms with Crippen LogP contribution in [0.1, 0.15) is 32.3 Å². The van der Waals surface area contributed by atoms with E-state index in [1.165, 1.54) is 0 Å². The largest absolute Gasteiger partial charge is 0.352 e. The summed E-state index contributed by atoms with van der Waals surface area (Å²) in [6.07, 6.45) is 1.11. The van der Waals surface area contributed by atoms with Gasteiger partial charge in [0.05, 0.1) is 0 Å². The zero-order chi connectivity index (χ0) is 17.9. The summed E-state index contributed by atoms with van der Waals surface area (Å²) in [5, 5.41) is 5.67. The number of carbonyl (C=O) groups excluding carboxylic acids is 2. The third-order valence-corrected chi connectivity index (χ3v) is 3.64. The summed E-state index contributed by atoms with van der Waals surface area (Å²) >= 11 is 0. The van der Waals surface area contributed by atoms with E-state index < -0.39 is 0 Å². The molecule has 7 heteroatoms. The van der Waals surface area contributed by atoms with E-state index in [-0.39, 0.29) is 36.8 Å². The van der Waals surface area contributed by atoms with Crippen LogP contribution in [0.5, 0.6) is 0 Å². The highest BCUT2D eigenvalue weighted by molar-refractivity contribution is 5.85. The van der Waals surface area contributed by atoms with Crippen LogP contribution in [0, 0.1) is 5.92 Å². The van der Waals surface area contributed by atoms with E-state index in [9.17, 15) is 9.59 Å². The number of hydrogen-bond acceptors (Lipinski definition) is 3. The molecule has 0 aliphatic rings. The first-order valence-electron chi connectivity index (χ1n) is 8.44. The van der Waals surface area contributed by atoms with E-state index in [4.69, 9.17) is 5.73 Å². The van der Waals surface area contributed by atoms with Gasteiger partial charge in [0.15, 0.2) is 0 Å². The lowest BCUT2D eigenvalue weighted by molar-refractivity contribution is -0.121. The Morgan fingerprint density at radius 2 is 1.84 bits per heavy atom. The molecule has 0 aliphatic carbocycles. The fraction of sp³-hybridized carbons (Fsp3) is 0.556. The van der Waals surface area contributed by atoms with Crippen LogP contribution in [-0.2, 0) is 11.3 Å². The second-order valence-electron chi connectivity index (χ2n) is 6.45. The van der Waals surface area contributed by atoms with Crippen molar-refractivity contribution in [3.05, 3.63) is 35.9 Å². The molecule has 25 heavy (non-hydrogen) atoms. The Morgan fingerprint density at radius 3 is 2.40 bits per heavy atom. The van der Waals surface area contributed by atoms with Gasteiger partial charge in [0.25, 0.3) is 0 Å². The number of nitrogens with two attached hydrogens (primary N) is 1. The quantitative estimate of drug-likeness (QED) is 0.622. The standard InChI is InChI=1S/C18H30N4O2.ClH/c1-14(2)11-16(12-19)21-17(23)9-10-20-18(24)22(3)13-15-7-5-4-6-8-15;/h4-8,14,16H,9-13,19H2,1-3H3,(H,20,24)(H,21,23);1H. The predicted octanol–water partition coefficient (Wildman–Crippen LogP) is 2.13. The van der Waals surface area contributed by atoms with Gasteiger partial charge in [0, 0.05) is 39.1 Å². The van der Waals surface area contributed by atoms with Gasteiger partial charge in [0.1, 0.15) is 0 Å². The van der Waals surface area contributed by atoms with Gasteiger partial charge in [-0.1, -0.05) is 44.2 Å². The molecule has 4 N–H and O–H groups in total. The molecule has 0 saturated heterocycles. The average molecular weight is 371 g/mol. The summed E-state index contributed by atoms with van der Waals surface area (Å²) in [6.45, 7) is 5.45. The second kappa shape index (κ2) is 12.6. The molecule has 1 atom stereocenters. The maximum atomic E-state index is 12.0. The van der Waals surface area contributed by atoms with Crippen LogP contribution < -0.4 is 16.4 Å². The summed E-state index contributed by atoms with van der Waals surface area (Å²) in [5.41, 5.74) is 6.73. The van der Waals surface area contributed by atoms with Gasteiger partial charge in [-0.3, -0.25) is 4.79 Å². The molecular formula is C18H31ClN4O2. The van der Waals surface area contributed by atoms with Crippen molar-refractivity contribution in [3.63, 3.8) is 0 Å². The molecule has 6 nitrogen and oxygen atoms in total. The number of carbonyl (C=O) groups is 2. The summed E-state index contributed by atoms with van der Waals surface area (Å²) in [4.78, 5) is 25.5. The van der Waals surface area contributed by atoms with Crippen LogP contribution >= 0.6 is 12.4 Å². The minimum Gasteiger partial charge on any atom is -0.352 e. The summed E-state index contributed by atoms with van der Waals surface area (Å²) in [7, 11) is 1.73. The van der Waals surface area contributed by atoms with Crippen molar-refractivity contribution in [2.45, 2.75) is 39.3 Å². The highest BCUT2D eigenvalue weighted by atomic mass is 35.5. The fourth-order valence-corrected chi connectivity index (χ4v) is 2.43. The monoisotopic (exact) mass is 370 g/mol. The maximum Gasteiger partial charge on any atom is 0.317 e. The molecule has 0 fully saturated rings. The number of amides is 3. The smallest absolute Gasteiger partial charge is 0.317 e. The number of halogens is 1. The predicted molar refractivity (Wildman–Crippen MR) is 104 cm³/mol. The van der Waals surface area contributed by atoms with Crippen molar-refractivity contribution in [2.75, 3.05) is 20.1 Å². The molecule has 0 spiro atoms. The molecule has 1 aromatic rings. The lowest BCUT2D eigenvalue weighted by Crippen LogP contribution is -2.43. The SMILES string of the molecule is CC(C)CC(CN)NC(=O)CCNC(=O)N(C)Cc1ccccc1.Cl. The molecule has 0 heterocycles. The van der Waals surface area contributed by atoms with E-state index in [2.05, 4.69) is 24.5 Å². The van der Waals surface area contributed by atoms with Gasteiger partial charge < -0.3 is 21.3 Å². The summed E-state index contributed by atoms with van der Waals surface area (Å²) in [5.74, 6) is 0.391. The Morgan fingerprint density at radius 1 is 1.20 bits per heavy atom. The molecule has 1 aromatic carbocycles. The average Bonchev–Trinajstić information content (AvgIpc) is 2.54. The van der Waals surface area contributed by atoms with E-state index in [1.807, 2.05) is 30.3 Å². The Bertz CT molecular complexity index is 511. The Labute approximate surface area is 156 Å². The summed E-state index contributed by atoms with van der Waals surface area (Å²) in [6, 6.07) is 9.57. The minimum atomic E-state index is -0.191. The van der Waals surface area contributed by atoms with Crippen LogP contribution in [0.15, 0.2) is 30.3 Å². The lowest BCUT2D eigenvalue weighted by atomic mass is 10.0. The maximum absolute atomic E-state index is 12.0. The van der Waals surface area contributed by atoms with Crippen molar-refractivity contribution in [2.24, 2.45) is 11.7 Å². The Hall–Kier alpha value is -1.79. The van der Waals surface area contributed by atoms with Crippen molar-refractivity contribution in [1.29, 1.82) is 0 Å². The van der Waals surface area contributed by atoms with E-state index in [0.29, 0.717) is 25.6 Å². The van der Waals surface area contributed by atoms with Crippen molar-refractivity contribution >= 4 is 24.3 Å². The second-order valence-corrected chi connectivity index (χ2v) is 6.45.